The number of likely N-dealkylation sites (tertiary alicyclic amines) is 1. The van der Waals surface area contributed by atoms with Crippen LogP contribution < -0.4 is 16.0 Å². The van der Waals surface area contributed by atoms with Crippen LogP contribution >= 0.6 is 48.0 Å². The molecule has 3 amide bonds. The SMILES string of the molecule is CCOC(C)=O.CNC(=O)[C@H]1CN(C2CCN(C(=O)OC(C)(C)C)CC2)[C@@H](Cc2ccc(Cl)cc2)CO1.CNC(=O)[C@H]1CN(C2CCNCC2)[C@@H](Cc2ccc(Cl)cc2)CO1.Cl.Cl. The number of ether oxygens (including phenoxy) is 4. The number of nitrogens with zero attached hydrogens (tertiary/aromatic N) is 3. The third kappa shape index (κ3) is 18.8. The molecule has 356 valence electrons. The number of likely N-dealkylation sites (N-methyl/N-ethyl adjacent to an activating group) is 2. The maximum absolute atomic E-state index is 12.4. The van der Waals surface area contributed by atoms with Gasteiger partial charge < -0.3 is 39.8 Å². The average molecular weight is 965 g/mol. The quantitative estimate of drug-likeness (QED) is 0.256. The van der Waals surface area contributed by atoms with E-state index in [0.717, 1.165) is 61.7 Å². The summed E-state index contributed by atoms with van der Waals surface area (Å²) in [5.74, 6) is -0.336. The summed E-state index contributed by atoms with van der Waals surface area (Å²) >= 11 is 12.0. The zero-order valence-electron chi connectivity index (χ0n) is 37.9. The molecule has 2 aromatic carbocycles. The van der Waals surface area contributed by atoms with E-state index < -0.39 is 11.7 Å². The van der Waals surface area contributed by atoms with Gasteiger partial charge in [-0.05, 0) is 115 Å². The summed E-state index contributed by atoms with van der Waals surface area (Å²) in [6.07, 6.45) is 4.57. The Morgan fingerprint density at radius 2 is 1.14 bits per heavy atom. The molecule has 0 bridgehead atoms. The van der Waals surface area contributed by atoms with Crippen molar-refractivity contribution in [3.63, 3.8) is 0 Å². The summed E-state index contributed by atoms with van der Waals surface area (Å²) in [7, 11) is 3.30. The van der Waals surface area contributed by atoms with Crippen molar-refractivity contribution in [3.8, 4) is 0 Å². The number of piperidine rings is 2. The summed E-state index contributed by atoms with van der Waals surface area (Å²) in [6.45, 7) is 15.0. The van der Waals surface area contributed by atoms with Gasteiger partial charge in [0.15, 0.2) is 0 Å². The van der Waals surface area contributed by atoms with Crippen LogP contribution in [0.5, 0.6) is 0 Å². The molecule has 4 fully saturated rings. The van der Waals surface area contributed by atoms with Crippen molar-refractivity contribution in [3.05, 3.63) is 69.7 Å². The summed E-state index contributed by atoms with van der Waals surface area (Å²) < 4.78 is 21.7. The van der Waals surface area contributed by atoms with E-state index in [0.29, 0.717) is 58.1 Å². The second-order valence-corrected chi connectivity index (χ2v) is 17.7. The number of rotatable bonds is 9. The normalized spacial score (nSPS) is 22.3. The molecule has 4 aliphatic heterocycles. The highest BCUT2D eigenvalue weighted by atomic mass is 35.5. The number of amides is 3. The molecule has 0 aromatic heterocycles. The molecule has 0 saturated carbocycles. The lowest BCUT2D eigenvalue weighted by atomic mass is 9.96. The summed E-state index contributed by atoms with van der Waals surface area (Å²) in [5.41, 5.74) is 1.95. The number of morpholine rings is 2. The molecule has 6 rings (SSSR count). The monoisotopic (exact) mass is 962 g/mol. The first-order chi connectivity index (χ1) is 29.1. The first-order valence-corrected chi connectivity index (χ1v) is 22.3. The van der Waals surface area contributed by atoms with Gasteiger partial charge in [-0.2, -0.15) is 0 Å². The highest BCUT2D eigenvalue weighted by Gasteiger charge is 2.39. The Kier molecular flexibility index (Phi) is 25.2. The number of nitrogens with one attached hydrogen (secondary N) is 3. The number of carbonyl (C=O) groups excluding carboxylic acids is 4. The fourth-order valence-electron chi connectivity index (χ4n) is 8.15. The van der Waals surface area contributed by atoms with E-state index in [-0.39, 0.29) is 66.9 Å². The summed E-state index contributed by atoms with van der Waals surface area (Å²) in [6, 6.07) is 17.2. The molecule has 3 N–H and O–H groups in total. The van der Waals surface area contributed by atoms with Gasteiger partial charge in [-0.3, -0.25) is 24.2 Å². The maximum atomic E-state index is 12.4. The smallest absolute Gasteiger partial charge is 0.410 e. The van der Waals surface area contributed by atoms with E-state index in [1.54, 1.807) is 25.9 Å². The Morgan fingerprint density at radius 3 is 1.49 bits per heavy atom. The van der Waals surface area contributed by atoms with Crippen molar-refractivity contribution in [1.29, 1.82) is 0 Å². The van der Waals surface area contributed by atoms with E-state index in [9.17, 15) is 19.2 Å². The number of carbonyl (C=O) groups is 4. The van der Waals surface area contributed by atoms with Crippen LogP contribution in [0.3, 0.4) is 0 Å². The highest BCUT2D eigenvalue weighted by molar-refractivity contribution is 6.30. The average Bonchev–Trinajstić information content (AvgIpc) is 3.25. The number of esters is 1. The fourth-order valence-corrected chi connectivity index (χ4v) is 8.40. The van der Waals surface area contributed by atoms with E-state index >= 15 is 0 Å². The van der Waals surface area contributed by atoms with Crippen LogP contribution in [0.4, 0.5) is 4.79 Å². The first kappa shape index (κ1) is 56.2. The zero-order chi connectivity index (χ0) is 44.5. The Balaban J connectivity index is 0.000000381. The van der Waals surface area contributed by atoms with Crippen LogP contribution in [0.2, 0.25) is 10.0 Å². The largest absolute Gasteiger partial charge is 0.466 e. The molecule has 4 aliphatic rings. The Hall–Kier alpha value is -2.92. The van der Waals surface area contributed by atoms with Gasteiger partial charge in [0.05, 0.1) is 19.8 Å². The van der Waals surface area contributed by atoms with Gasteiger partial charge in [-0.25, -0.2) is 4.79 Å². The lowest BCUT2D eigenvalue weighted by Gasteiger charge is -2.46. The van der Waals surface area contributed by atoms with Crippen LogP contribution in [0.1, 0.15) is 71.4 Å². The third-order valence-electron chi connectivity index (χ3n) is 11.2. The molecule has 4 saturated heterocycles. The number of benzene rings is 2. The van der Waals surface area contributed by atoms with E-state index in [1.807, 2.05) is 57.2 Å². The second kappa shape index (κ2) is 28.2. The minimum atomic E-state index is -0.497. The lowest BCUT2D eigenvalue weighted by Crippen LogP contribution is -2.60. The Labute approximate surface area is 396 Å². The summed E-state index contributed by atoms with van der Waals surface area (Å²) in [4.78, 5) is 53.2. The molecule has 0 radical (unpaired) electrons. The van der Waals surface area contributed by atoms with Crippen LogP contribution in [-0.4, -0.2) is 154 Å². The minimum absolute atomic E-state index is 0. The topological polar surface area (TPSA) is 151 Å². The molecule has 18 heteroatoms. The fraction of sp³-hybridized carbons (Fsp3) is 0.644. The predicted octanol–water partition coefficient (Wildman–Crippen LogP) is 5.96. The molecule has 0 unspecified atom stereocenters. The molecule has 4 heterocycles. The van der Waals surface area contributed by atoms with Gasteiger partial charge in [0.2, 0.25) is 11.8 Å². The Bertz CT molecular complexity index is 1680. The highest BCUT2D eigenvalue weighted by Crippen LogP contribution is 2.27. The van der Waals surface area contributed by atoms with Crippen molar-refractivity contribution < 1.29 is 38.1 Å². The van der Waals surface area contributed by atoms with E-state index in [4.69, 9.17) is 37.4 Å². The second-order valence-electron chi connectivity index (χ2n) is 16.8. The van der Waals surface area contributed by atoms with Gasteiger partial charge in [-0.1, -0.05) is 47.5 Å². The van der Waals surface area contributed by atoms with E-state index in [2.05, 4.69) is 42.6 Å². The third-order valence-corrected chi connectivity index (χ3v) is 11.7. The molecule has 4 atom stereocenters. The van der Waals surface area contributed by atoms with Crippen molar-refractivity contribution in [1.82, 2.24) is 30.7 Å². The van der Waals surface area contributed by atoms with Crippen molar-refractivity contribution >= 4 is 71.9 Å². The Morgan fingerprint density at radius 1 is 0.730 bits per heavy atom. The zero-order valence-corrected chi connectivity index (χ0v) is 41.0. The molecule has 63 heavy (non-hydrogen) atoms. The lowest BCUT2D eigenvalue weighted by molar-refractivity contribution is -0.145. The van der Waals surface area contributed by atoms with Crippen LogP contribution in [0, 0.1) is 0 Å². The van der Waals surface area contributed by atoms with Gasteiger partial charge in [0.1, 0.15) is 17.8 Å². The van der Waals surface area contributed by atoms with Gasteiger partial charge >= 0.3 is 12.1 Å². The minimum Gasteiger partial charge on any atom is -0.466 e. The van der Waals surface area contributed by atoms with Gasteiger partial charge in [-0.15, -0.1) is 24.8 Å². The van der Waals surface area contributed by atoms with Crippen molar-refractivity contribution in [2.45, 2.75) is 115 Å². The van der Waals surface area contributed by atoms with Crippen molar-refractivity contribution in [2.24, 2.45) is 0 Å². The van der Waals surface area contributed by atoms with Crippen molar-refractivity contribution in [2.75, 3.05) is 73.2 Å². The predicted molar refractivity (Wildman–Crippen MR) is 252 cm³/mol. The number of halogens is 4. The molecule has 14 nitrogen and oxygen atoms in total. The first-order valence-electron chi connectivity index (χ1n) is 21.6. The number of hydrogen-bond donors (Lipinski definition) is 3. The van der Waals surface area contributed by atoms with E-state index in [1.165, 1.54) is 18.1 Å². The standard InChI is InChI=1S/C23H34ClN3O4.C18H26ClN3O2.C4H8O2.2ClH/c1-23(2,3)31-22(29)26-11-9-18(10-12-26)27-14-20(21(28)25-4)30-15-19(27)13-16-5-7-17(24)8-6-16;1-20-18(23)17-11-22(15-6-8-21-9-7-15)16(12-24-17)10-13-2-4-14(19)5-3-13;1-3-6-4(2)5;;/h5-8,18-20H,9-15H2,1-4H3,(H,25,28);2-5,15-17,21H,6-12H2,1H3,(H,20,23);3H2,1-2H3;2*1H/t19-,20+;16-,17+;;;/m00.../s1. The maximum Gasteiger partial charge on any atom is 0.410 e. The summed E-state index contributed by atoms with van der Waals surface area (Å²) in [5, 5.41) is 10.3. The molecular formula is C45H70Cl4N6O8. The molecule has 0 spiro atoms. The van der Waals surface area contributed by atoms with Gasteiger partial charge in [0.25, 0.3) is 0 Å². The number of hydrogen-bond acceptors (Lipinski definition) is 11. The molecule has 2 aromatic rings. The van der Waals surface area contributed by atoms with Crippen LogP contribution in [0.25, 0.3) is 0 Å². The van der Waals surface area contributed by atoms with Crippen LogP contribution in [0.15, 0.2) is 48.5 Å². The van der Waals surface area contributed by atoms with Crippen LogP contribution in [-0.2, 0) is 46.2 Å². The van der Waals surface area contributed by atoms with Gasteiger partial charge in [0, 0.05) is 81.4 Å². The molecule has 0 aliphatic carbocycles. The molecular weight excluding hydrogens is 894 g/mol.